The number of carbonyl (C=O) groups is 1. The number of amides is 1. The molecule has 0 aromatic heterocycles. The number of sulfonamides is 1. The first-order valence-corrected chi connectivity index (χ1v) is 9.30. The van der Waals surface area contributed by atoms with Crippen molar-refractivity contribution in [3.05, 3.63) is 59.2 Å². The zero-order valence-corrected chi connectivity index (χ0v) is 15.5. The average molecular weight is 362 g/mol. The number of hydrazine groups is 1. The van der Waals surface area contributed by atoms with Gasteiger partial charge in [-0.25, -0.2) is 8.42 Å². The van der Waals surface area contributed by atoms with E-state index in [1.54, 1.807) is 25.1 Å². The second-order valence-corrected chi connectivity index (χ2v) is 7.55. The van der Waals surface area contributed by atoms with Crippen molar-refractivity contribution in [2.24, 2.45) is 0 Å². The molecule has 0 radical (unpaired) electrons. The predicted octanol–water partition coefficient (Wildman–Crippen LogP) is 2.39. The molecule has 0 saturated heterocycles. The van der Waals surface area contributed by atoms with E-state index in [0.717, 1.165) is 16.7 Å². The van der Waals surface area contributed by atoms with Crippen LogP contribution in [-0.2, 0) is 14.8 Å². The highest BCUT2D eigenvalue weighted by Gasteiger charge is 2.19. The molecule has 0 aliphatic carbocycles. The summed E-state index contributed by atoms with van der Waals surface area (Å²) in [5.74, 6) is 0.000588. The highest BCUT2D eigenvalue weighted by molar-refractivity contribution is 7.89. The molecule has 6 nitrogen and oxygen atoms in total. The fraction of sp³-hybridized carbons (Fsp3) is 0.278. The molecule has 1 atom stereocenters. The van der Waals surface area contributed by atoms with Gasteiger partial charge in [0.2, 0.25) is 0 Å². The molecule has 0 spiro atoms. The number of ether oxygens (including phenoxy) is 1. The zero-order chi connectivity index (χ0) is 18.6. The predicted molar refractivity (Wildman–Crippen MR) is 95.6 cm³/mol. The summed E-state index contributed by atoms with van der Waals surface area (Å²) in [6.07, 6.45) is -0.860. The van der Waals surface area contributed by atoms with E-state index in [9.17, 15) is 13.2 Å². The van der Waals surface area contributed by atoms with Crippen LogP contribution in [0.15, 0.2) is 47.4 Å². The summed E-state index contributed by atoms with van der Waals surface area (Å²) in [5.41, 5.74) is 5.11. The van der Waals surface area contributed by atoms with Gasteiger partial charge in [-0.1, -0.05) is 29.8 Å². The maximum absolute atomic E-state index is 12.2. The highest BCUT2D eigenvalue weighted by atomic mass is 32.2. The van der Waals surface area contributed by atoms with Crippen molar-refractivity contribution in [1.82, 2.24) is 10.3 Å². The fourth-order valence-electron chi connectivity index (χ4n) is 2.09. The van der Waals surface area contributed by atoms with Gasteiger partial charge >= 0.3 is 0 Å². The van der Waals surface area contributed by atoms with E-state index in [4.69, 9.17) is 4.74 Å². The van der Waals surface area contributed by atoms with Gasteiger partial charge in [-0.2, -0.15) is 0 Å². The van der Waals surface area contributed by atoms with Crippen molar-refractivity contribution >= 4 is 15.9 Å². The lowest BCUT2D eigenvalue weighted by Gasteiger charge is -2.17. The second-order valence-electron chi connectivity index (χ2n) is 5.87. The van der Waals surface area contributed by atoms with E-state index < -0.39 is 22.0 Å². The number of hydrogen-bond acceptors (Lipinski definition) is 4. The third-order valence-corrected chi connectivity index (χ3v) is 5.13. The van der Waals surface area contributed by atoms with Gasteiger partial charge in [0.25, 0.3) is 15.9 Å². The van der Waals surface area contributed by atoms with Crippen molar-refractivity contribution in [2.75, 3.05) is 0 Å². The lowest BCUT2D eigenvalue weighted by atomic mass is 10.1. The molecule has 0 aliphatic heterocycles. The Morgan fingerprint density at radius 3 is 2.32 bits per heavy atom. The molecule has 2 aromatic carbocycles. The van der Waals surface area contributed by atoms with Crippen LogP contribution >= 0.6 is 0 Å². The van der Waals surface area contributed by atoms with E-state index in [1.807, 2.05) is 32.9 Å². The molecular formula is C18H22N2O4S. The number of rotatable bonds is 6. The van der Waals surface area contributed by atoms with Crippen LogP contribution in [0.3, 0.4) is 0 Å². The molecule has 0 aliphatic rings. The molecule has 0 bridgehead atoms. The van der Waals surface area contributed by atoms with Gasteiger partial charge in [-0.3, -0.25) is 10.2 Å². The Morgan fingerprint density at radius 1 is 1.04 bits per heavy atom. The van der Waals surface area contributed by atoms with Crippen molar-refractivity contribution in [3.8, 4) is 5.75 Å². The first-order valence-electron chi connectivity index (χ1n) is 7.82. The molecule has 2 rings (SSSR count). The number of aryl methyl sites for hydroxylation is 2. The Bertz CT molecular complexity index is 861. The third-order valence-electron chi connectivity index (χ3n) is 3.87. The SMILES string of the molecule is Cc1ccc(S(=O)(=O)NNC(=O)[C@H](C)Oc2cccc(C)c2C)cc1. The van der Waals surface area contributed by atoms with Crippen LogP contribution in [0.2, 0.25) is 0 Å². The minimum atomic E-state index is -3.83. The highest BCUT2D eigenvalue weighted by Crippen LogP contribution is 2.21. The Morgan fingerprint density at radius 2 is 1.68 bits per heavy atom. The number of nitrogens with one attached hydrogen (secondary N) is 2. The minimum absolute atomic E-state index is 0.0708. The zero-order valence-electron chi connectivity index (χ0n) is 14.7. The summed E-state index contributed by atoms with van der Waals surface area (Å²) < 4.78 is 29.9. The Kier molecular flexibility index (Phi) is 5.81. The lowest BCUT2D eigenvalue weighted by Crippen LogP contribution is -2.47. The molecule has 0 saturated carbocycles. The van der Waals surface area contributed by atoms with Crippen LogP contribution in [-0.4, -0.2) is 20.4 Å². The number of benzene rings is 2. The largest absolute Gasteiger partial charge is 0.481 e. The Balaban J connectivity index is 1.99. The summed E-state index contributed by atoms with van der Waals surface area (Å²) in [5, 5.41) is 0. The molecule has 0 unspecified atom stereocenters. The maximum atomic E-state index is 12.2. The summed E-state index contributed by atoms with van der Waals surface area (Å²) in [7, 11) is -3.83. The monoisotopic (exact) mass is 362 g/mol. The maximum Gasteiger partial charge on any atom is 0.275 e. The Labute approximate surface area is 148 Å². The average Bonchev–Trinajstić information content (AvgIpc) is 2.57. The standard InChI is InChI=1S/C18H22N2O4S/c1-12-8-10-16(11-9-12)25(22,23)20-19-18(21)15(4)24-17-7-5-6-13(2)14(17)3/h5-11,15,20H,1-4H3,(H,19,21)/t15-/m0/s1. The summed E-state index contributed by atoms with van der Waals surface area (Å²) in [4.78, 5) is 14.3. The molecule has 0 fully saturated rings. The fourth-order valence-corrected chi connectivity index (χ4v) is 2.94. The molecule has 7 heteroatoms. The van der Waals surface area contributed by atoms with Crippen molar-refractivity contribution in [1.29, 1.82) is 0 Å². The van der Waals surface area contributed by atoms with Crippen LogP contribution in [0.4, 0.5) is 0 Å². The van der Waals surface area contributed by atoms with Crippen molar-refractivity contribution in [3.63, 3.8) is 0 Å². The molecule has 2 N–H and O–H groups in total. The molecule has 134 valence electrons. The number of hydrogen-bond donors (Lipinski definition) is 2. The van der Waals surface area contributed by atoms with E-state index >= 15 is 0 Å². The quantitative estimate of drug-likeness (QED) is 0.773. The van der Waals surface area contributed by atoms with Gasteiger partial charge < -0.3 is 4.74 Å². The van der Waals surface area contributed by atoms with Gasteiger partial charge in [0, 0.05) is 0 Å². The second kappa shape index (κ2) is 7.67. The summed E-state index contributed by atoms with van der Waals surface area (Å²) in [6, 6.07) is 11.9. The van der Waals surface area contributed by atoms with Gasteiger partial charge in [-0.05, 0) is 57.0 Å². The van der Waals surface area contributed by atoms with Crippen LogP contribution in [0.25, 0.3) is 0 Å². The smallest absolute Gasteiger partial charge is 0.275 e. The molecule has 2 aromatic rings. The summed E-state index contributed by atoms with van der Waals surface area (Å²) >= 11 is 0. The van der Waals surface area contributed by atoms with Crippen LogP contribution in [0.1, 0.15) is 23.6 Å². The van der Waals surface area contributed by atoms with Crippen LogP contribution < -0.4 is 15.0 Å². The van der Waals surface area contributed by atoms with E-state index in [-0.39, 0.29) is 4.90 Å². The first kappa shape index (κ1) is 19.0. The molecule has 25 heavy (non-hydrogen) atoms. The number of carbonyl (C=O) groups excluding carboxylic acids is 1. The van der Waals surface area contributed by atoms with Gasteiger partial charge in [0.1, 0.15) is 5.75 Å². The first-order chi connectivity index (χ1) is 11.7. The normalized spacial score (nSPS) is 12.5. The topological polar surface area (TPSA) is 84.5 Å². The van der Waals surface area contributed by atoms with E-state index in [0.29, 0.717) is 5.75 Å². The lowest BCUT2D eigenvalue weighted by molar-refractivity contribution is -0.127. The van der Waals surface area contributed by atoms with E-state index in [1.165, 1.54) is 12.1 Å². The van der Waals surface area contributed by atoms with Crippen LogP contribution in [0.5, 0.6) is 5.75 Å². The van der Waals surface area contributed by atoms with Crippen LogP contribution in [0, 0.1) is 20.8 Å². The van der Waals surface area contributed by atoms with Gasteiger partial charge in [-0.15, -0.1) is 4.83 Å². The van der Waals surface area contributed by atoms with E-state index in [2.05, 4.69) is 10.3 Å². The van der Waals surface area contributed by atoms with Gasteiger partial charge in [0.15, 0.2) is 6.10 Å². The molecule has 0 heterocycles. The summed E-state index contributed by atoms with van der Waals surface area (Å²) in [6.45, 7) is 7.26. The third kappa shape index (κ3) is 4.80. The molecular weight excluding hydrogens is 340 g/mol. The minimum Gasteiger partial charge on any atom is -0.481 e. The Hall–Kier alpha value is -2.38. The van der Waals surface area contributed by atoms with Crippen molar-refractivity contribution in [2.45, 2.75) is 38.7 Å². The van der Waals surface area contributed by atoms with Crippen molar-refractivity contribution < 1.29 is 17.9 Å². The molecule has 1 amide bonds. The van der Waals surface area contributed by atoms with Gasteiger partial charge in [0.05, 0.1) is 4.90 Å².